The summed E-state index contributed by atoms with van der Waals surface area (Å²) in [6.07, 6.45) is 1.58. The summed E-state index contributed by atoms with van der Waals surface area (Å²) in [5.41, 5.74) is 0.797. The fraction of sp³-hybridized carbons (Fsp3) is 0.471. The maximum Gasteiger partial charge on any atom is 0.232 e. The number of hydrogen-bond donors (Lipinski definition) is 1. The Bertz CT molecular complexity index is 509. The third kappa shape index (κ3) is 2.81. The van der Waals surface area contributed by atoms with Crippen molar-refractivity contribution in [1.29, 1.82) is 0 Å². The van der Waals surface area contributed by atoms with Crippen LogP contribution < -0.4 is 9.64 Å². The molecule has 0 bridgehead atoms. The normalized spacial score (nSPS) is 22.9. The standard InChI is InChI=1S/C17H23NO3/c1-5-6-14(19)16-15(11(2)3)17(20)18(16)12-7-9-13(21-4)10-8-12/h5,7-11,14-16,19H,1,6H2,2-4H3/t14?,15-,16+/m0/s1. The Hall–Kier alpha value is -1.81. The van der Waals surface area contributed by atoms with Gasteiger partial charge in [-0.1, -0.05) is 19.9 Å². The van der Waals surface area contributed by atoms with Gasteiger partial charge in [0.1, 0.15) is 5.75 Å². The molecule has 0 spiro atoms. The minimum Gasteiger partial charge on any atom is -0.497 e. The fourth-order valence-corrected chi connectivity index (χ4v) is 2.98. The number of nitrogens with zero attached hydrogens (tertiary/aromatic N) is 1. The number of ether oxygens (including phenoxy) is 1. The Labute approximate surface area is 126 Å². The van der Waals surface area contributed by atoms with Crippen molar-refractivity contribution >= 4 is 11.6 Å². The average Bonchev–Trinajstić information content (AvgIpc) is 2.45. The van der Waals surface area contributed by atoms with Gasteiger partial charge in [-0.3, -0.25) is 4.79 Å². The molecule has 3 atom stereocenters. The van der Waals surface area contributed by atoms with E-state index in [9.17, 15) is 9.90 Å². The second-order valence-electron chi connectivity index (χ2n) is 5.76. The predicted molar refractivity (Wildman–Crippen MR) is 83.4 cm³/mol. The van der Waals surface area contributed by atoms with Crippen molar-refractivity contribution in [2.24, 2.45) is 11.8 Å². The van der Waals surface area contributed by atoms with Crippen LogP contribution in [-0.2, 0) is 4.79 Å². The van der Waals surface area contributed by atoms with Gasteiger partial charge >= 0.3 is 0 Å². The van der Waals surface area contributed by atoms with Crippen LogP contribution in [-0.4, -0.2) is 30.3 Å². The summed E-state index contributed by atoms with van der Waals surface area (Å²) < 4.78 is 5.13. The highest BCUT2D eigenvalue weighted by Crippen LogP contribution is 2.39. The van der Waals surface area contributed by atoms with Gasteiger partial charge in [0.15, 0.2) is 0 Å². The lowest BCUT2D eigenvalue weighted by molar-refractivity contribution is -0.135. The molecule has 0 saturated carbocycles. The minimum atomic E-state index is -0.588. The zero-order valence-corrected chi connectivity index (χ0v) is 12.8. The topological polar surface area (TPSA) is 49.8 Å². The molecule has 4 nitrogen and oxygen atoms in total. The summed E-state index contributed by atoms with van der Waals surface area (Å²) in [6.45, 7) is 7.70. The summed E-state index contributed by atoms with van der Waals surface area (Å²) in [5, 5.41) is 10.3. The van der Waals surface area contributed by atoms with E-state index in [1.807, 2.05) is 38.1 Å². The lowest BCUT2D eigenvalue weighted by atomic mass is 9.75. The van der Waals surface area contributed by atoms with Crippen molar-refractivity contribution in [2.45, 2.75) is 32.4 Å². The van der Waals surface area contributed by atoms with Gasteiger partial charge in [-0.2, -0.15) is 0 Å². The van der Waals surface area contributed by atoms with Crippen LogP contribution in [0.3, 0.4) is 0 Å². The van der Waals surface area contributed by atoms with E-state index < -0.39 is 6.10 Å². The SMILES string of the molecule is C=CCC(O)[C@@H]1[C@H](C(C)C)C(=O)N1c1ccc(OC)cc1. The molecular formula is C17H23NO3. The van der Waals surface area contributed by atoms with Crippen molar-refractivity contribution in [1.82, 2.24) is 0 Å². The number of aliphatic hydroxyl groups excluding tert-OH is 1. The van der Waals surface area contributed by atoms with Gasteiger partial charge in [0.05, 0.1) is 25.2 Å². The molecular weight excluding hydrogens is 266 g/mol. The largest absolute Gasteiger partial charge is 0.497 e. The third-order valence-corrected chi connectivity index (χ3v) is 4.06. The van der Waals surface area contributed by atoms with Crippen molar-refractivity contribution in [2.75, 3.05) is 12.0 Å². The van der Waals surface area contributed by atoms with Gasteiger partial charge in [-0.15, -0.1) is 6.58 Å². The first-order valence-corrected chi connectivity index (χ1v) is 7.27. The van der Waals surface area contributed by atoms with E-state index in [1.54, 1.807) is 18.1 Å². The number of β-lactam (4-membered cyclic amide) rings is 1. The van der Waals surface area contributed by atoms with Gasteiger partial charge in [0.2, 0.25) is 5.91 Å². The minimum absolute atomic E-state index is 0.0725. The number of aliphatic hydroxyl groups is 1. The number of hydrogen-bond acceptors (Lipinski definition) is 3. The quantitative estimate of drug-likeness (QED) is 0.647. The number of benzene rings is 1. The summed E-state index contributed by atoms with van der Waals surface area (Å²) in [6, 6.07) is 7.15. The zero-order valence-electron chi connectivity index (χ0n) is 12.8. The molecule has 1 aromatic carbocycles. The summed E-state index contributed by atoms with van der Waals surface area (Å²) in [4.78, 5) is 14.1. The second-order valence-corrected chi connectivity index (χ2v) is 5.76. The van der Waals surface area contributed by atoms with Crippen molar-refractivity contribution in [3.05, 3.63) is 36.9 Å². The van der Waals surface area contributed by atoms with E-state index in [1.165, 1.54) is 0 Å². The maximum atomic E-state index is 12.4. The first-order valence-electron chi connectivity index (χ1n) is 7.27. The molecule has 0 aliphatic carbocycles. The Balaban J connectivity index is 2.27. The summed E-state index contributed by atoms with van der Waals surface area (Å²) in [7, 11) is 1.61. The lowest BCUT2D eigenvalue weighted by Crippen LogP contribution is -2.67. The molecule has 0 radical (unpaired) electrons. The van der Waals surface area contributed by atoms with Crippen LogP contribution in [0.4, 0.5) is 5.69 Å². The van der Waals surface area contributed by atoms with E-state index in [4.69, 9.17) is 4.74 Å². The molecule has 21 heavy (non-hydrogen) atoms. The van der Waals surface area contributed by atoms with Crippen LogP contribution in [0.1, 0.15) is 20.3 Å². The zero-order chi connectivity index (χ0) is 15.6. The number of rotatable bonds is 6. The first kappa shape index (κ1) is 15.6. The van der Waals surface area contributed by atoms with Crippen LogP contribution in [0.25, 0.3) is 0 Å². The molecule has 1 aliphatic rings. The van der Waals surface area contributed by atoms with E-state index in [2.05, 4.69) is 6.58 Å². The number of carbonyl (C=O) groups excluding carboxylic acids is 1. The van der Waals surface area contributed by atoms with Gasteiger partial charge in [-0.25, -0.2) is 0 Å². The smallest absolute Gasteiger partial charge is 0.232 e. The maximum absolute atomic E-state index is 12.4. The molecule has 1 aromatic rings. The molecule has 1 fully saturated rings. The third-order valence-electron chi connectivity index (χ3n) is 4.06. The van der Waals surface area contributed by atoms with Crippen LogP contribution in [0, 0.1) is 11.8 Å². The van der Waals surface area contributed by atoms with E-state index in [0.29, 0.717) is 6.42 Å². The molecule has 1 aliphatic heterocycles. The molecule has 1 amide bonds. The van der Waals surface area contributed by atoms with Crippen LogP contribution in [0.15, 0.2) is 36.9 Å². The Morgan fingerprint density at radius 2 is 2.00 bits per heavy atom. The summed E-state index contributed by atoms with van der Waals surface area (Å²) in [5.74, 6) is 0.886. The molecule has 4 heteroatoms. The van der Waals surface area contributed by atoms with Gasteiger partial charge < -0.3 is 14.7 Å². The highest BCUT2D eigenvalue weighted by molar-refractivity contribution is 6.03. The number of carbonyl (C=O) groups is 1. The molecule has 114 valence electrons. The molecule has 1 saturated heterocycles. The highest BCUT2D eigenvalue weighted by atomic mass is 16.5. The molecule has 0 aromatic heterocycles. The predicted octanol–water partition coefficient (Wildman–Crippen LogP) is 2.62. The van der Waals surface area contributed by atoms with Crippen LogP contribution in [0.5, 0.6) is 5.75 Å². The first-order chi connectivity index (χ1) is 10.0. The second kappa shape index (κ2) is 6.31. The van der Waals surface area contributed by atoms with Gasteiger partial charge in [-0.05, 0) is 36.6 Å². The van der Waals surface area contributed by atoms with E-state index >= 15 is 0 Å². The Morgan fingerprint density at radius 1 is 1.38 bits per heavy atom. The monoisotopic (exact) mass is 289 g/mol. The lowest BCUT2D eigenvalue weighted by Gasteiger charge is -2.51. The molecule has 1 unspecified atom stereocenters. The molecule has 1 N–H and O–H groups in total. The van der Waals surface area contributed by atoms with Gasteiger partial charge in [0.25, 0.3) is 0 Å². The number of anilines is 1. The number of methoxy groups -OCH3 is 1. The van der Waals surface area contributed by atoms with E-state index in [-0.39, 0.29) is 23.8 Å². The molecule has 1 heterocycles. The van der Waals surface area contributed by atoms with Crippen LogP contribution in [0.2, 0.25) is 0 Å². The molecule has 2 rings (SSSR count). The van der Waals surface area contributed by atoms with Crippen molar-refractivity contribution in [3.63, 3.8) is 0 Å². The Morgan fingerprint density at radius 3 is 2.48 bits per heavy atom. The fourth-order valence-electron chi connectivity index (χ4n) is 2.98. The van der Waals surface area contributed by atoms with Crippen LogP contribution >= 0.6 is 0 Å². The average molecular weight is 289 g/mol. The van der Waals surface area contributed by atoms with Crippen molar-refractivity contribution < 1.29 is 14.6 Å². The van der Waals surface area contributed by atoms with Gasteiger partial charge in [0, 0.05) is 5.69 Å². The highest BCUT2D eigenvalue weighted by Gasteiger charge is 2.52. The Kier molecular flexibility index (Phi) is 4.68. The summed E-state index contributed by atoms with van der Waals surface area (Å²) >= 11 is 0. The number of amides is 1. The van der Waals surface area contributed by atoms with E-state index in [0.717, 1.165) is 11.4 Å². The van der Waals surface area contributed by atoms with Crippen molar-refractivity contribution in [3.8, 4) is 5.75 Å².